The summed E-state index contributed by atoms with van der Waals surface area (Å²) in [5.41, 5.74) is 12.4. The van der Waals surface area contributed by atoms with Gasteiger partial charge in [0.1, 0.15) is 0 Å². The topological polar surface area (TPSA) is 41.8 Å². The van der Waals surface area contributed by atoms with Crippen molar-refractivity contribution in [3.05, 3.63) is 59.2 Å². The minimum Gasteiger partial charge on any atom is -0.353 e. The number of benzene rings is 2. The highest BCUT2D eigenvalue weighted by atomic mass is 32.1. The van der Waals surface area contributed by atoms with E-state index in [2.05, 4.69) is 61.3 Å². The molecule has 0 radical (unpaired) electrons. The Kier molecular flexibility index (Phi) is 4.36. The fraction of sp³-hybridized carbons (Fsp3) is 0.273. The number of hydrogen-bond donors (Lipinski definition) is 2. The summed E-state index contributed by atoms with van der Waals surface area (Å²) in [6, 6.07) is 15.4. The van der Waals surface area contributed by atoms with Gasteiger partial charge < -0.3 is 10.7 Å². The second-order valence-electron chi connectivity index (χ2n) is 6.82. The summed E-state index contributed by atoms with van der Waals surface area (Å²) < 4.78 is 1.34. The molecule has 2 heterocycles. The van der Waals surface area contributed by atoms with Crippen molar-refractivity contribution in [2.75, 3.05) is 6.54 Å². The van der Waals surface area contributed by atoms with Crippen LogP contribution < -0.4 is 5.73 Å². The number of unbranched alkanes of at least 4 members (excludes halogenated alkanes) is 1. The second kappa shape index (κ2) is 6.66. The first-order valence-corrected chi connectivity index (χ1v) is 9.80. The summed E-state index contributed by atoms with van der Waals surface area (Å²) in [4.78, 5) is 5.09. The molecule has 0 bridgehead atoms. The zero-order valence-electron chi connectivity index (χ0n) is 14.9. The number of H-pyrrole nitrogens is 1. The normalized spacial score (nSPS) is 11.6. The lowest BCUT2D eigenvalue weighted by molar-refractivity contribution is 0.748. The largest absolute Gasteiger partial charge is 0.353 e. The molecule has 0 aliphatic carbocycles. The van der Waals surface area contributed by atoms with Gasteiger partial charge in [-0.05, 0) is 73.9 Å². The Labute approximate surface area is 152 Å². The molecule has 4 aromatic rings. The third-order valence-electron chi connectivity index (χ3n) is 5.03. The molecule has 0 aliphatic heterocycles. The number of hydrogen-bond acceptors (Lipinski definition) is 2. The van der Waals surface area contributed by atoms with E-state index in [0.717, 1.165) is 25.8 Å². The molecule has 0 unspecified atom stereocenters. The number of aromatic amines is 1. The predicted molar refractivity (Wildman–Crippen MR) is 111 cm³/mol. The third kappa shape index (κ3) is 2.88. The van der Waals surface area contributed by atoms with E-state index in [9.17, 15) is 0 Å². The lowest BCUT2D eigenvalue weighted by atomic mass is 9.98. The first kappa shape index (κ1) is 16.4. The number of nitrogens with two attached hydrogens (primary N) is 1. The molecule has 0 atom stereocenters. The summed E-state index contributed by atoms with van der Waals surface area (Å²) in [6.45, 7) is 5.17. The number of rotatable bonds is 5. The van der Waals surface area contributed by atoms with Crippen LogP contribution in [0.25, 0.3) is 31.6 Å². The third-order valence-corrected chi connectivity index (χ3v) is 6.16. The molecule has 25 heavy (non-hydrogen) atoms. The van der Waals surface area contributed by atoms with Crippen molar-refractivity contribution in [1.82, 2.24) is 4.98 Å². The van der Waals surface area contributed by atoms with Crippen LogP contribution in [0.3, 0.4) is 0 Å². The van der Waals surface area contributed by atoms with Gasteiger partial charge in [-0.3, -0.25) is 0 Å². The molecule has 2 aromatic heterocycles. The van der Waals surface area contributed by atoms with Crippen molar-refractivity contribution in [1.29, 1.82) is 0 Å². The highest BCUT2D eigenvalue weighted by Crippen LogP contribution is 2.39. The molecule has 128 valence electrons. The van der Waals surface area contributed by atoms with Gasteiger partial charge in [0.25, 0.3) is 0 Å². The van der Waals surface area contributed by atoms with Crippen molar-refractivity contribution in [2.24, 2.45) is 5.73 Å². The molecular weight excluding hydrogens is 324 g/mol. The lowest BCUT2D eigenvalue weighted by Crippen LogP contribution is -1.99. The van der Waals surface area contributed by atoms with Crippen LogP contribution in [0.1, 0.15) is 29.5 Å². The van der Waals surface area contributed by atoms with Crippen molar-refractivity contribution in [2.45, 2.75) is 33.1 Å². The van der Waals surface area contributed by atoms with Crippen molar-refractivity contribution in [3.8, 4) is 10.6 Å². The number of aromatic nitrogens is 1. The van der Waals surface area contributed by atoms with Gasteiger partial charge in [-0.15, -0.1) is 11.3 Å². The zero-order chi connectivity index (χ0) is 17.4. The van der Waals surface area contributed by atoms with Gasteiger partial charge in [0, 0.05) is 15.6 Å². The van der Waals surface area contributed by atoms with Gasteiger partial charge in [-0.2, -0.15) is 0 Å². The van der Waals surface area contributed by atoms with E-state index in [-0.39, 0.29) is 0 Å². The van der Waals surface area contributed by atoms with Crippen LogP contribution in [0.4, 0.5) is 0 Å². The second-order valence-corrected chi connectivity index (χ2v) is 7.91. The number of thiophene rings is 1. The van der Waals surface area contributed by atoms with E-state index in [1.807, 2.05) is 11.3 Å². The molecule has 2 nitrogen and oxygen atoms in total. The first-order chi connectivity index (χ1) is 12.2. The SMILES string of the molecule is Cc1ccc(C)c2c(CCCCN)c(-c3cc4ccccc4s3)[nH]c12. The van der Waals surface area contributed by atoms with Gasteiger partial charge >= 0.3 is 0 Å². The Morgan fingerprint density at radius 2 is 1.80 bits per heavy atom. The van der Waals surface area contributed by atoms with E-state index < -0.39 is 0 Å². The summed E-state index contributed by atoms with van der Waals surface area (Å²) in [6.07, 6.45) is 3.28. The van der Waals surface area contributed by atoms with Gasteiger partial charge in [-0.1, -0.05) is 30.3 Å². The standard InChI is InChI=1S/C22H24N2S/c1-14-10-11-15(2)21-20(14)17(8-5-6-12-23)22(24-21)19-13-16-7-3-4-9-18(16)25-19/h3-4,7,9-11,13,24H,5-6,8,12,23H2,1-2H3. The van der Waals surface area contributed by atoms with Gasteiger partial charge in [0.15, 0.2) is 0 Å². The van der Waals surface area contributed by atoms with Crippen LogP contribution in [0, 0.1) is 13.8 Å². The van der Waals surface area contributed by atoms with Gasteiger partial charge in [-0.25, -0.2) is 0 Å². The van der Waals surface area contributed by atoms with E-state index in [1.54, 1.807) is 0 Å². The minimum absolute atomic E-state index is 0.762. The van der Waals surface area contributed by atoms with E-state index in [0.29, 0.717) is 0 Å². The summed E-state index contributed by atoms with van der Waals surface area (Å²) in [7, 11) is 0. The van der Waals surface area contributed by atoms with Crippen molar-refractivity contribution >= 4 is 32.3 Å². The minimum atomic E-state index is 0.762. The molecule has 0 saturated carbocycles. The maximum Gasteiger partial charge on any atom is 0.0599 e. The quantitative estimate of drug-likeness (QED) is 0.430. The van der Waals surface area contributed by atoms with Gasteiger partial charge in [0.05, 0.1) is 10.6 Å². The Morgan fingerprint density at radius 3 is 2.60 bits per heavy atom. The highest BCUT2D eigenvalue weighted by Gasteiger charge is 2.17. The molecule has 0 spiro atoms. The highest BCUT2D eigenvalue weighted by molar-refractivity contribution is 7.22. The monoisotopic (exact) mass is 348 g/mol. The summed E-state index contributed by atoms with van der Waals surface area (Å²) >= 11 is 1.87. The zero-order valence-corrected chi connectivity index (χ0v) is 15.7. The van der Waals surface area contributed by atoms with E-state index >= 15 is 0 Å². The average molecular weight is 349 g/mol. The first-order valence-electron chi connectivity index (χ1n) is 8.99. The van der Waals surface area contributed by atoms with Crippen LogP contribution in [-0.4, -0.2) is 11.5 Å². The molecular formula is C22H24N2S. The molecule has 4 rings (SSSR count). The summed E-state index contributed by atoms with van der Waals surface area (Å²) in [5.74, 6) is 0. The maximum atomic E-state index is 5.73. The number of nitrogens with one attached hydrogen (secondary N) is 1. The smallest absolute Gasteiger partial charge is 0.0599 e. The lowest BCUT2D eigenvalue weighted by Gasteiger charge is -2.05. The molecule has 3 N–H and O–H groups in total. The number of aryl methyl sites for hydroxylation is 3. The number of fused-ring (bicyclic) bond motifs is 2. The Balaban J connectivity index is 1.93. The molecule has 0 amide bonds. The molecule has 0 aliphatic rings. The molecule has 0 fully saturated rings. The maximum absolute atomic E-state index is 5.73. The van der Waals surface area contributed by atoms with Crippen molar-refractivity contribution in [3.63, 3.8) is 0 Å². The predicted octanol–water partition coefficient (Wildman–Crippen LogP) is 5.95. The van der Waals surface area contributed by atoms with Crippen LogP contribution in [0.5, 0.6) is 0 Å². The Hall–Kier alpha value is -2.10. The van der Waals surface area contributed by atoms with Crippen LogP contribution in [-0.2, 0) is 6.42 Å². The van der Waals surface area contributed by atoms with Crippen LogP contribution in [0.2, 0.25) is 0 Å². The molecule has 0 saturated heterocycles. The van der Waals surface area contributed by atoms with Gasteiger partial charge in [0.2, 0.25) is 0 Å². The Bertz CT molecular complexity index is 1010. The van der Waals surface area contributed by atoms with E-state index in [4.69, 9.17) is 5.73 Å². The van der Waals surface area contributed by atoms with E-state index in [1.165, 1.54) is 48.3 Å². The molecule has 3 heteroatoms. The van der Waals surface area contributed by atoms with Crippen molar-refractivity contribution < 1.29 is 0 Å². The molecule has 2 aromatic carbocycles. The fourth-order valence-corrected chi connectivity index (χ4v) is 4.79. The summed E-state index contributed by atoms with van der Waals surface area (Å²) in [5, 5.41) is 2.73. The van der Waals surface area contributed by atoms with Crippen LogP contribution >= 0.6 is 11.3 Å². The average Bonchev–Trinajstić information content (AvgIpc) is 3.20. The van der Waals surface area contributed by atoms with Crippen LogP contribution in [0.15, 0.2) is 42.5 Å². The fourth-order valence-electron chi connectivity index (χ4n) is 3.70. The Morgan fingerprint density at radius 1 is 1.00 bits per heavy atom.